The Bertz CT molecular complexity index is 1140. The van der Waals surface area contributed by atoms with Gasteiger partial charge in [-0.2, -0.15) is 4.31 Å². The van der Waals surface area contributed by atoms with Crippen LogP contribution in [0.5, 0.6) is 5.75 Å². The highest BCUT2D eigenvalue weighted by Crippen LogP contribution is 2.24. The van der Waals surface area contributed by atoms with Gasteiger partial charge in [-0.1, -0.05) is 31.7 Å². The number of carbonyl (C=O) groups is 1. The van der Waals surface area contributed by atoms with E-state index in [1.54, 1.807) is 33.1 Å². The largest absolute Gasteiger partial charge is 0.497 e. The summed E-state index contributed by atoms with van der Waals surface area (Å²) in [5.74, 6) is 0.597. The van der Waals surface area contributed by atoms with Crippen LogP contribution in [0.2, 0.25) is 0 Å². The lowest BCUT2D eigenvalue weighted by molar-refractivity contribution is -0.113. The monoisotopic (exact) mass is 448 g/mol. The Morgan fingerprint density at radius 2 is 1.97 bits per heavy atom. The van der Waals surface area contributed by atoms with Gasteiger partial charge in [-0.05, 0) is 30.3 Å². The number of thioether (sulfide) groups is 1. The number of benzene rings is 2. The molecule has 0 unspecified atom stereocenters. The Morgan fingerprint density at radius 3 is 2.67 bits per heavy atom. The fourth-order valence-corrected chi connectivity index (χ4v) is 5.13. The molecule has 1 aromatic heterocycles. The molecule has 0 saturated heterocycles. The van der Waals surface area contributed by atoms with Crippen LogP contribution in [-0.2, 0) is 14.8 Å². The maximum absolute atomic E-state index is 12.7. The second-order valence-electron chi connectivity index (χ2n) is 6.38. The van der Waals surface area contributed by atoms with Crippen LogP contribution >= 0.6 is 11.8 Å². The van der Waals surface area contributed by atoms with E-state index < -0.39 is 10.0 Å². The normalized spacial score (nSPS) is 11.7. The van der Waals surface area contributed by atoms with Crippen molar-refractivity contribution in [3.63, 3.8) is 0 Å². The SMILES string of the molecule is CCN(CC)S(=O)(=O)c1cccc(NC(=O)CSc2nc3ccc(OC)cc3[nH]2)c1. The van der Waals surface area contributed by atoms with Crippen molar-refractivity contribution in [1.29, 1.82) is 0 Å². The summed E-state index contributed by atoms with van der Waals surface area (Å²) < 4.78 is 31.9. The third-order valence-electron chi connectivity index (χ3n) is 4.47. The lowest BCUT2D eigenvalue weighted by Crippen LogP contribution is -2.30. The zero-order valence-corrected chi connectivity index (χ0v) is 18.6. The number of hydrogen-bond donors (Lipinski definition) is 2. The molecule has 0 aliphatic heterocycles. The van der Waals surface area contributed by atoms with E-state index in [0.717, 1.165) is 16.8 Å². The van der Waals surface area contributed by atoms with E-state index in [1.165, 1.54) is 28.2 Å². The quantitative estimate of drug-likeness (QED) is 0.487. The molecule has 0 atom stereocenters. The Kier molecular flexibility index (Phi) is 7.01. The van der Waals surface area contributed by atoms with E-state index in [4.69, 9.17) is 4.74 Å². The second kappa shape index (κ2) is 9.50. The van der Waals surface area contributed by atoms with Gasteiger partial charge in [0.05, 0.1) is 28.8 Å². The Hall–Kier alpha value is -2.56. The van der Waals surface area contributed by atoms with Crippen molar-refractivity contribution < 1.29 is 17.9 Å². The van der Waals surface area contributed by atoms with Crippen molar-refractivity contribution in [2.75, 3.05) is 31.3 Å². The van der Waals surface area contributed by atoms with E-state index in [9.17, 15) is 13.2 Å². The smallest absolute Gasteiger partial charge is 0.243 e. The summed E-state index contributed by atoms with van der Waals surface area (Å²) in [6, 6.07) is 11.8. The summed E-state index contributed by atoms with van der Waals surface area (Å²) >= 11 is 1.26. The molecule has 0 aliphatic carbocycles. The fourth-order valence-electron chi connectivity index (χ4n) is 2.94. The molecule has 1 heterocycles. The number of ether oxygens (including phenoxy) is 1. The highest BCUT2D eigenvalue weighted by molar-refractivity contribution is 7.99. The van der Waals surface area contributed by atoms with E-state index in [2.05, 4.69) is 15.3 Å². The number of nitrogens with one attached hydrogen (secondary N) is 2. The number of amides is 1. The van der Waals surface area contributed by atoms with Crippen LogP contribution in [0.4, 0.5) is 5.69 Å². The molecule has 0 fully saturated rings. The van der Waals surface area contributed by atoms with Crippen LogP contribution in [0.25, 0.3) is 11.0 Å². The third-order valence-corrected chi connectivity index (χ3v) is 7.39. The number of carbonyl (C=O) groups excluding carboxylic acids is 1. The minimum Gasteiger partial charge on any atom is -0.497 e. The number of sulfonamides is 1. The molecule has 2 N–H and O–H groups in total. The summed E-state index contributed by atoms with van der Waals surface area (Å²) in [4.78, 5) is 20.1. The van der Waals surface area contributed by atoms with Crippen molar-refractivity contribution >= 4 is 44.4 Å². The number of methoxy groups -OCH3 is 1. The summed E-state index contributed by atoms with van der Waals surface area (Å²) in [7, 11) is -1.99. The molecule has 8 nitrogen and oxygen atoms in total. The van der Waals surface area contributed by atoms with E-state index in [-0.39, 0.29) is 16.6 Å². The molecule has 0 saturated carbocycles. The van der Waals surface area contributed by atoms with Gasteiger partial charge in [0, 0.05) is 24.8 Å². The average molecular weight is 449 g/mol. The van der Waals surface area contributed by atoms with Crippen LogP contribution in [-0.4, -0.2) is 54.6 Å². The molecule has 3 rings (SSSR count). The van der Waals surface area contributed by atoms with Crippen LogP contribution in [0.3, 0.4) is 0 Å². The number of nitrogens with zero attached hydrogens (tertiary/aromatic N) is 2. The molecule has 0 aliphatic rings. The molecule has 160 valence electrons. The molecule has 3 aromatic rings. The predicted molar refractivity (Wildman–Crippen MR) is 119 cm³/mol. The Morgan fingerprint density at radius 1 is 1.20 bits per heavy atom. The van der Waals surface area contributed by atoms with Gasteiger partial charge >= 0.3 is 0 Å². The van der Waals surface area contributed by atoms with E-state index >= 15 is 0 Å². The zero-order chi connectivity index (χ0) is 21.7. The van der Waals surface area contributed by atoms with Gasteiger partial charge in [0.15, 0.2) is 5.16 Å². The summed E-state index contributed by atoms with van der Waals surface area (Å²) in [5, 5.41) is 3.36. The highest BCUT2D eigenvalue weighted by atomic mass is 32.2. The molecule has 10 heteroatoms. The first-order chi connectivity index (χ1) is 14.4. The van der Waals surface area contributed by atoms with Crippen molar-refractivity contribution in [1.82, 2.24) is 14.3 Å². The minimum absolute atomic E-state index is 0.129. The maximum atomic E-state index is 12.7. The van der Waals surface area contributed by atoms with Crippen LogP contribution < -0.4 is 10.1 Å². The molecule has 30 heavy (non-hydrogen) atoms. The molecule has 2 aromatic carbocycles. The fraction of sp³-hybridized carbons (Fsp3) is 0.300. The highest BCUT2D eigenvalue weighted by Gasteiger charge is 2.21. The molecule has 0 spiro atoms. The molecular formula is C20H24N4O4S2. The third kappa shape index (κ3) is 4.94. The average Bonchev–Trinajstić information content (AvgIpc) is 3.15. The lowest BCUT2D eigenvalue weighted by Gasteiger charge is -2.18. The number of hydrogen-bond acceptors (Lipinski definition) is 6. The van der Waals surface area contributed by atoms with Gasteiger partial charge < -0.3 is 15.0 Å². The van der Waals surface area contributed by atoms with Crippen molar-refractivity contribution in [2.45, 2.75) is 23.9 Å². The van der Waals surface area contributed by atoms with Crippen LogP contribution in [0.1, 0.15) is 13.8 Å². The van der Waals surface area contributed by atoms with Gasteiger partial charge in [-0.25, -0.2) is 13.4 Å². The first kappa shape index (κ1) is 22.1. The first-order valence-electron chi connectivity index (χ1n) is 9.44. The lowest BCUT2D eigenvalue weighted by atomic mass is 10.3. The summed E-state index contributed by atoms with van der Waals surface area (Å²) in [5.41, 5.74) is 2.04. The number of H-pyrrole nitrogens is 1. The molecule has 1 amide bonds. The van der Waals surface area contributed by atoms with E-state index in [0.29, 0.717) is 23.9 Å². The van der Waals surface area contributed by atoms with Gasteiger partial charge in [-0.3, -0.25) is 4.79 Å². The van der Waals surface area contributed by atoms with E-state index in [1.807, 2.05) is 18.2 Å². The van der Waals surface area contributed by atoms with Gasteiger partial charge in [-0.15, -0.1) is 0 Å². The number of imidazole rings is 1. The molecule has 0 bridgehead atoms. The minimum atomic E-state index is -3.58. The number of aromatic nitrogens is 2. The Labute approximate surface area is 180 Å². The number of aromatic amines is 1. The Balaban J connectivity index is 1.65. The van der Waals surface area contributed by atoms with Crippen molar-refractivity contribution in [3.8, 4) is 5.75 Å². The standard InChI is InChI=1S/C20H24N4O4S2/c1-4-24(5-2)30(26,27)16-8-6-7-14(11-16)21-19(25)13-29-20-22-17-10-9-15(28-3)12-18(17)23-20/h6-12H,4-5,13H2,1-3H3,(H,21,25)(H,22,23). The van der Waals surface area contributed by atoms with Crippen molar-refractivity contribution in [3.05, 3.63) is 42.5 Å². The summed E-state index contributed by atoms with van der Waals surface area (Å²) in [6.07, 6.45) is 0. The molecule has 0 radical (unpaired) electrons. The van der Waals surface area contributed by atoms with Crippen LogP contribution in [0, 0.1) is 0 Å². The van der Waals surface area contributed by atoms with Crippen LogP contribution in [0.15, 0.2) is 52.5 Å². The number of anilines is 1. The van der Waals surface area contributed by atoms with Gasteiger partial charge in [0.1, 0.15) is 5.75 Å². The number of fused-ring (bicyclic) bond motifs is 1. The van der Waals surface area contributed by atoms with Crippen molar-refractivity contribution in [2.24, 2.45) is 0 Å². The predicted octanol–water partition coefficient (Wildman–Crippen LogP) is 3.33. The van der Waals surface area contributed by atoms with Gasteiger partial charge in [0.25, 0.3) is 0 Å². The van der Waals surface area contributed by atoms with Gasteiger partial charge in [0.2, 0.25) is 15.9 Å². The number of rotatable bonds is 9. The first-order valence-corrected chi connectivity index (χ1v) is 11.9. The summed E-state index contributed by atoms with van der Waals surface area (Å²) in [6.45, 7) is 4.35. The maximum Gasteiger partial charge on any atom is 0.243 e. The topological polar surface area (TPSA) is 104 Å². The second-order valence-corrected chi connectivity index (χ2v) is 9.28. The zero-order valence-electron chi connectivity index (χ0n) is 17.0. The molecular weight excluding hydrogens is 424 g/mol.